The summed E-state index contributed by atoms with van der Waals surface area (Å²) in [6.07, 6.45) is 1.49. The largest absolute Gasteiger partial charge is 0.338 e. The van der Waals surface area contributed by atoms with Crippen LogP contribution in [0.2, 0.25) is 5.02 Å². The van der Waals surface area contributed by atoms with Gasteiger partial charge in [-0.1, -0.05) is 17.7 Å². The Bertz CT molecular complexity index is 873. The fourth-order valence-electron chi connectivity index (χ4n) is 3.26. The zero-order valence-electron chi connectivity index (χ0n) is 14.1. The van der Waals surface area contributed by atoms with Crippen molar-refractivity contribution >= 4 is 34.6 Å². The molecule has 1 amide bonds. The molecule has 0 aromatic carbocycles. The van der Waals surface area contributed by atoms with Gasteiger partial charge in [0.25, 0.3) is 11.5 Å². The van der Waals surface area contributed by atoms with Crippen molar-refractivity contribution in [2.24, 2.45) is 5.92 Å². The Hall–Kier alpha value is -1.92. The summed E-state index contributed by atoms with van der Waals surface area (Å²) in [5.41, 5.74) is 0.667. The average molecular weight is 379 g/mol. The molecule has 1 fully saturated rings. The molecule has 1 aliphatic heterocycles. The van der Waals surface area contributed by atoms with Crippen molar-refractivity contribution in [2.45, 2.75) is 26.7 Å². The number of nitrogens with zero attached hydrogens (tertiary/aromatic N) is 1. The van der Waals surface area contributed by atoms with Gasteiger partial charge in [0.05, 0.1) is 9.90 Å². The number of Topliss-reactive ketones (excluding diaryl/α,β-unsaturated/α-hetero) is 1. The average Bonchev–Trinajstić information content (AvgIpc) is 3.13. The molecule has 25 heavy (non-hydrogen) atoms. The van der Waals surface area contributed by atoms with Crippen LogP contribution in [0.3, 0.4) is 0 Å². The molecule has 0 spiro atoms. The molecular weight excluding hydrogens is 360 g/mol. The van der Waals surface area contributed by atoms with Crippen molar-refractivity contribution < 1.29 is 9.59 Å². The summed E-state index contributed by atoms with van der Waals surface area (Å²) in [6, 6.07) is 3.66. The summed E-state index contributed by atoms with van der Waals surface area (Å²) in [6.45, 7) is 4.25. The molecule has 132 valence electrons. The summed E-state index contributed by atoms with van der Waals surface area (Å²) in [5, 5.41) is 2.27. The van der Waals surface area contributed by atoms with Crippen LogP contribution in [0.5, 0.6) is 0 Å². The van der Waals surface area contributed by atoms with Crippen LogP contribution >= 0.6 is 22.9 Å². The van der Waals surface area contributed by atoms with Gasteiger partial charge in [-0.2, -0.15) is 0 Å². The lowest BCUT2D eigenvalue weighted by atomic mass is 9.92. The van der Waals surface area contributed by atoms with E-state index >= 15 is 0 Å². The van der Waals surface area contributed by atoms with Gasteiger partial charge in [-0.15, -0.1) is 11.3 Å². The second kappa shape index (κ2) is 7.14. The number of thiophene rings is 1. The number of carbonyl (C=O) groups is 2. The highest BCUT2D eigenvalue weighted by Gasteiger charge is 2.31. The molecule has 7 heteroatoms. The smallest absolute Gasteiger partial charge is 0.261 e. The van der Waals surface area contributed by atoms with Gasteiger partial charge in [-0.25, -0.2) is 0 Å². The molecule has 1 saturated heterocycles. The van der Waals surface area contributed by atoms with Crippen LogP contribution in [0.4, 0.5) is 0 Å². The van der Waals surface area contributed by atoms with Gasteiger partial charge in [0.15, 0.2) is 5.78 Å². The van der Waals surface area contributed by atoms with E-state index in [0.717, 1.165) is 12.8 Å². The summed E-state index contributed by atoms with van der Waals surface area (Å²) in [7, 11) is 0. The maximum absolute atomic E-state index is 12.9. The molecule has 0 saturated carbocycles. The van der Waals surface area contributed by atoms with Crippen LogP contribution in [0, 0.1) is 19.8 Å². The predicted molar refractivity (Wildman–Crippen MR) is 98.8 cm³/mol. The first kappa shape index (κ1) is 17.9. The van der Waals surface area contributed by atoms with Gasteiger partial charge in [0.2, 0.25) is 0 Å². The van der Waals surface area contributed by atoms with Crippen LogP contribution in [0.25, 0.3) is 0 Å². The number of aryl methyl sites for hydroxylation is 1. The first-order valence-electron chi connectivity index (χ1n) is 8.16. The quantitative estimate of drug-likeness (QED) is 0.831. The molecule has 1 aliphatic rings. The lowest BCUT2D eigenvalue weighted by Gasteiger charge is -2.32. The fraction of sp³-hybridized carbons (Fsp3) is 0.389. The monoisotopic (exact) mass is 378 g/mol. The van der Waals surface area contributed by atoms with E-state index in [0.29, 0.717) is 34.2 Å². The number of aromatic amines is 1. The highest BCUT2D eigenvalue weighted by molar-refractivity contribution is 7.12. The maximum Gasteiger partial charge on any atom is 0.261 e. The molecule has 0 aliphatic carbocycles. The lowest BCUT2D eigenvalue weighted by Crippen LogP contribution is -2.44. The zero-order valence-corrected chi connectivity index (χ0v) is 15.7. The summed E-state index contributed by atoms with van der Waals surface area (Å²) >= 11 is 7.60. The molecule has 5 nitrogen and oxygen atoms in total. The van der Waals surface area contributed by atoms with Crippen molar-refractivity contribution in [3.05, 3.63) is 54.6 Å². The highest BCUT2D eigenvalue weighted by Crippen LogP contribution is 2.25. The molecule has 1 atom stereocenters. The first-order valence-corrected chi connectivity index (χ1v) is 9.42. The van der Waals surface area contributed by atoms with Crippen LogP contribution < -0.4 is 5.56 Å². The first-order chi connectivity index (χ1) is 11.9. The van der Waals surface area contributed by atoms with E-state index in [9.17, 15) is 14.4 Å². The number of amides is 1. The number of likely N-dealkylation sites (tertiary alicyclic amines) is 1. The fourth-order valence-corrected chi connectivity index (χ4v) is 4.15. The summed E-state index contributed by atoms with van der Waals surface area (Å²) < 4.78 is 0. The second-order valence-corrected chi connectivity index (χ2v) is 7.65. The topological polar surface area (TPSA) is 70.2 Å². The van der Waals surface area contributed by atoms with E-state index in [1.54, 1.807) is 18.7 Å². The lowest BCUT2D eigenvalue weighted by molar-refractivity contribution is 0.0636. The third-order valence-electron chi connectivity index (χ3n) is 4.62. The minimum atomic E-state index is -0.434. The highest BCUT2D eigenvalue weighted by atomic mass is 35.5. The number of aromatic nitrogens is 1. The number of halogens is 1. The van der Waals surface area contributed by atoms with E-state index in [-0.39, 0.29) is 23.2 Å². The van der Waals surface area contributed by atoms with Crippen molar-refractivity contribution in [3.8, 4) is 0 Å². The third kappa shape index (κ3) is 3.41. The zero-order chi connectivity index (χ0) is 18.1. The number of hydrogen-bond donors (Lipinski definition) is 1. The molecule has 1 N–H and O–H groups in total. The summed E-state index contributed by atoms with van der Waals surface area (Å²) in [4.78, 5) is 42.7. The van der Waals surface area contributed by atoms with Gasteiger partial charge >= 0.3 is 0 Å². The molecule has 3 heterocycles. The molecular formula is C18H19ClN2O3S. The Morgan fingerprint density at radius 2 is 2.12 bits per heavy atom. The third-order valence-corrected chi connectivity index (χ3v) is 6.07. The molecule has 0 bridgehead atoms. The van der Waals surface area contributed by atoms with Crippen molar-refractivity contribution in [2.75, 3.05) is 13.1 Å². The van der Waals surface area contributed by atoms with Crippen molar-refractivity contribution in [1.29, 1.82) is 0 Å². The molecule has 3 rings (SSSR count). The Morgan fingerprint density at radius 1 is 1.36 bits per heavy atom. The Labute approximate surface area is 154 Å². The molecule has 2 aromatic heterocycles. The van der Waals surface area contributed by atoms with Crippen LogP contribution in [0.1, 0.15) is 44.1 Å². The number of piperidine rings is 1. The van der Waals surface area contributed by atoms with Crippen LogP contribution in [-0.4, -0.2) is 34.7 Å². The number of ketones is 1. The van der Waals surface area contributed by atoms with Crippen LogP contribution in [-0.2, 0) is 0 Å². The number of carbonyl (C=O) groups excluding carboxylic acids is 2. The number of H-pyrrole nitrogens is 1. The maximum atomic E-state index is 12.9. The van der Waals surface area contributed by atoms with Crippen LogP contribution in [0.15, 0.2) is 22.3 Å². The van der Waals surface area contributed by atoms with E-state index < -0.39 is 5.56 Å². The van der Waals surface area contributed by atoms with Gasteiger partial charge in [0.1, 0.15) is 5.56 Å². The summed E-state index contributed by atoms with van der Waals surface area (Å²) in [5.74, 6) is -0.513. The number of rotatable bonds is 3. The van der Waals surface area contributed by atoms with Crippen molar-refractivity contribution in [1.82, 2.24) is 9.88 Å². The van der Waals surface area contributed by atoms with E-state index in [4.69, 9.17) is 11.6 Å². The van der Waals surface area contributed by atoms with E-state index in [1.165, 1.54) is 11.3 Å². The minimum absolute atomic E-state index is 0.0693. The van der Waals surface area contributed by atoms with Gasteiger partial charge in [-0.3, -0.25) is 14.4 Å². The standard InChI is InChI=1S/C18H19ClN2O3S/c1-10-14(17(23)20-11(2)15(10)19)18(24)21-7-3-5-12(9-21)16(22)13-6-4-8-25-13/h4,6,8,12H,3,5,7,9H2,1-2H3,(H,20,23). The number of hydrogen-bond acceptors (Lipinski definition) is 4. The Morgan fingerprint density at radius 3 is 2.80 bits per heavy atom. The number of nitrogens with one attached hydrogen (secondary N) is 1. The Kier molecular flexibility index (Phi) is 5.11. The SMILES string of the molecule is Cc1[nH]c(=O)c(C(=O)N2CCCC(C(=O)c3cccs3)C2)c(C)c1Cl. The Balaban J connectivity index is 1.85. The molecule has 0 radical (unpaired) electrons. The predicted octanol–water partition coefficient (Wildman–Crippen LogP) is 3.44. The van der Waals surface area contributed by atoms with Crippen molar-refractivity contribution in [3.63, 3.8) is 0 Å². The molecule has 2 aromatic rings. The van der Waals surface area contributed by atoms with Gasteiger partial charge in [-0.05, 0) is 43.7 Å². The number of pyridine rings is 1. The van der Waals surface area contributed by atoms with Gasteiger partial charge in [0, 0.05) is 24.7 Å². The normalized spacial score (nSPS) is 17.6. The van der Waals surface area contributed by atoms with E-state index in [2.05, 4.69) is 4.98 Å². The minimum Gasteiger partial charge on any atom is -0.338 e. The van der Waals surface area contributed by atoms with Gasteiger partial charge < -0.3 is 9.88 Å². The second-order valence-electron chi connectivity index (χ2n) is 6.32. The molecule has 1 unspecified atom stereocenters. The van der Waals surface area contributed by atoms with E-state index in [1.807, 2.05) is 17.5 Å².